The molecule has 0 radical (unpaired) electrons. The number of hydrogen-bond donors (Lipinski definition) is 0. The van der Waals surface area contributed by atoms with E-state index in [9.17, 15) is 9.59 Å². The van der Waals surface area contributed by atoms with Gasteiger partial charge >= 0.3 is 5.97 Å². The summed E-state index contributed by atoms with van der Waals surface area (Å²) in [7, 11) is 0. The number of aryl methyl sites for hydroxylation is 1. The molecule has 1 aromatic heterocycles. The number of Topliss-reactive ketones (excluding diaryl/α,β-unsaturated/α-hetero) is 1. The number of hydrogen-bond acceptors (Lipinski definition) is 4. The van der Waals surface area contributed by atoms with E-state index in [0.29, 0.717) is 11.4 Å². The van der Waals surface area contributed by atoms with Gasteiger partial charge in [0.05, 0.1) is 5.69 Å². The van der Waals surface area contributed by atoms with E-state index >= 15 is 0 Å². The lowest BCUT2D eigenvalue weighted by Crippen LogP contribution is -2.12. The van der Waals surface area contributed by atoms with Crippen LogP contribution >= 0.6 is 0 Å². The van der Waals surface area contributed by atoms with Crippen molar-refractivity contribution in [3.63, 3.8) is 0 Å². The van der Waals surface area contributed by atoms with E-state index in [0.717, 1.165) is 0 Å². The zero-order valence-corrected chi connectivity index (χ0v) is 8.11. The lowest BCUT2D eigenvalue weighted by Gasteiger charge is -2.04. The first-order chi connectivity index (χ1) is 6.59. The largest absolute Gasteiger partial charge is 0.424 e. The van der Waals surface area contributed by atoms with Gasteiger partial charge in [-0.05, 0) is 26.0 Å². The molecule has 0 aliphatic rings. The summed E-state index contributed by atoms with van der Waals surface area (Å²) in [6.45, 7) is 3.08. The quantitative estimate of drug-likeness (QED) is 0.536. The number of nitrogens with zero attached hydrogens (tertiary/aromatic N) is 1. The standard InChI is InChI=1S/C10H11NO3/c1-7(12)6-10(13)14-9-4-3-5-11-8(9)2/h3-5H,6H2,1-2H3. The summed E-state index contributed by atoms with van der Waals surface area (Å²) in [4.78, 5) is 25.7. The Labute approximate surface area is 81.9 Å². The van der Waals surface area contributed by atoms with Crippen LogP contribution < -0.4 is 4.74 Å². The second-order valence-electron chi connectivity index (χ2n) is 2.94. The molecule has 1 aromatic rings. The van der Waals surface area contributed by atoms with E-state index < -0.39 is 5.97 Å². The molecule has 0 spiro atoms. The van der Waals surface area contributed by atoms with Crippen LogP contribution in [0.15, 0.2) is 18.3 Å². The molecule has 0 atom stereocenters. The molecule has 0 fully saturated rings. The molecule has 4 heteroatoms. The second kappa shape index (κ2) is 4.50. The van der Waals surface area contributed by atoms with Crippen LogP contribution in [0.3, 0.4) is 0 Å². The number of carbonyl (C=O) groups excluding carboxylic acids is 2. The second-order valence-corrected chi connectivity index (χ2v) is 2.94. The number of pyridine rings is 1. The van der Waals surface area contributed by atoms with Crippen LogP contribution in [0.25, 0.3) is 0 Å². The average Bonchev–Trinajstić information content (AvgIpc) is 2.07. The fourth-order valence-electron chi connectivity index (χ4n) is 0.939. The molecule has 0 aliphatic carbocycles. The highest BCUT2D eigenvalue weighted by molar-refractivity contribution is 5.94. The number of ketones is 1. The van der Waals surface area contributed by atoms with Gasteiger partial charge in [0.15, 0.2) is 5.75 Å². The van der Waals surface area contributed by atoms with Gasteiger partial charge in [-0.1, -0.05) is 0 Å². The van der Waals surface area contributed by atoms with Crippen LogP contribution in [0.2, 0.25) is 0 Å². The van der Waals surface area contributed by atoms with Crippen LogP contribution in [0.1, 0.15) is 19.0 Å². The molecular weight excluding hydrogens is 182 g/mol. The number of rotatable bonds is 3. The van der Waals surface area contributed by atoms with E-state index in [1.54, 1.807) is 25.3 Å². The third-order valence-electron chi connectivity index (χ3n) is 1.58. The monoisotopic (exact) mass is 193 g/mol. The minimum Gasteiger partial charge on any atom is -0.424 e. The summed E-state index contributed by atoms with van der Waals surface area (Å²) >= 11 is 0. The first-order valence-corrected chi connectivity index (χ1v) is 4.21. The zero-order chi connectivity index (χ0) is 10.6. The maximum atomic E-state index is 11.1. The van der Waals surface area contributed by atoms with Gasteiger partial charge in [-0.2, -0.15) is 0 Å². The molecule has 1 rings (SSSR count). The zero-order valence-electron chi connectivity index (χ0n) is 8.11. The van der Waals surface area contributed by atoms with Gasteiger partial charge in [0.25, 0.3) is 0 Å². The fourth-order valence-corrected chi connectivity index (χ4v) is 0.939. The molecule has 1 heterocycles. The summed E-state index contributed by atoms with van der Waals surface area (Å²) in [6, 6.07) is 3.31. The van der Waals surface area contributed by atoms with Crippen LogP contribution in [-0.2, 0) is 9.59 Å². The topological polar surface area (TPSA) is 56.3 Å². The molecule has 74 valence electrons. The molecule has 14 heavy (non-hydrogen) atoms. The van der Waals surface area contributed by atoms with Crippen molar-refractivity contribution in [3.05, 3.63) is 24.0 Å². The lowest BCUT2D eigenvalue weighted by atomic mass is 10.3. The molecule has 0 unspecified atom stereocenters. The van der Waals surface area contributed by atoms with Crippen molar-refractivity contribution in [1.82, 2.24) is 4.98 Å². The minimum atomic E-state index is -0.548. The van der Waals surface area contributed by atoms with Crippen LogP contribution in [0.5, 0.6) is 5.75 Å². The highest BCUT2D eigenvalue weighted by atomic mass is 16.5. The van der Waals surface area contributed by atoms with E-state index in [1.807, 2.05) is 0 Å². The van der Waals surface area contributed by atoms with Crippen molar-refractivity contribution in [2.45, 2.75) is 20.3 Å². The number of carbonyl (C=O) groups is 2. The van der Waals surface area contributed by atoms with Crippen LogP contribution in [0.4, 0.5) is 0 Å². The van der Waals surface area contributed by atoms with Crippen LogP contribution in [-0.4, -0.2) is 16.7 Å². The van der Waals surface area contributed by atoms with Crippen molar-refractivity contribution in [1.29, 1.82) is 0 Å². The summed E-state index contributed by atoms with van der Waals surface area (Å²) in [5.74, 6) is -0.358. The van der Waals surface area contributed by atoms with Gasteiger partial charge in [-0.15, -0.1) is 0 Å². The van der Waals surface area contributed by atoms with Crippen molar-refractivity contribution < 1.29 is 14.3 Å². The highest BCUT2D eigenvalue weighted by Crippen LogP contribution is 2.13. The van der Waals surface area contributed by atoms with Gasteiger partial charge in [-0.3, -0.25) is 14.6 Å². The summed E-state index contributed by atoms with van der Waals surface area (Å²) in [5.41, 5.74) is 0.629. The first kappa shape index (κ1) is 10.4. The Morgan fingerprint density at radius 1 is 1.50 bits per heavy atom. The Morgan fingerprint density at radius 2 is 2.21 bits per heavy atom. The third-order valence-corrected chi connectivity index (χ3v) is 1.58. The molecule has 0 saturated heterocycles. The Balaban J connectivity index is 2.65. The number of esters is 1. The van der Waals surface area contributed by atoms with E-state index in [4.69, 9.17) is 4.74 Å². The molecule has 0 aromatic carbocycles. The maximum Gasteiger partial charge on any atom is 0.318 e. The molecule has 4 nitrogen and oxygen atoms in total. The third kappa shape index (κ3) is 2.97. The molecule has 0 N–H and O–H groups in total. The summed E-state index contributed by atoms with van der Waals surface area (Å²) in [6.07, 6.45) is 1.41. The maximum absolute atomic E-state index is 11.1. The Morgan fingerprint density at radius 3 is 2.79 bits per heavy atom. The van der Waals surface area contributed by atoms with Crippen molar-refractivity contribution >= 4 is 11.8 Å². The Kier molecular flexibility index (Phi) is 3.34. The Bertz CT molecular complexity index is 360. The minimum absolute atomic E-state index is 0.200. The predicted molar refractivity (Wildman–Crippen MR) is 49.9 cm³/mol. The smallest absolute Gasteiger partial charge is 0.318 e. The van der Waals surface area contributed by atoms with Gasteiger partial charge in [0.1, 0.15) is 12.2 Å². The molecule has 0 aliphatic heterocycles. The van der Waals surface area contributed by atoms with Gasteiger partial charge < -0.3 is 4.74 Å². The van der Waals surface area contributed by atoms with E-state index in [1.165, 1.54) is 6.92 Å². The predicted octanol–water partition coefficient (Wildman–Crippen LogP) is 1.27. The molecule has 0 saturated carbocycles. The van der Waals surface area contributed by atoms with Gasteiger partial charge in [0, 0.05) is 6.20 Å². The van der Waals surface area contributed by atoms with E-state index in [-0.39, 0.29) is 12.2 Å². The van der Waals surface area contributed by atoms with Crippen molar-refractivity contribution in [2.24, 2.45) is 0 Å². The molecule has 0 bridgehead atoms. The fraction of sp³-hybridized carbons (Fsp3) is 0.300. The summed E-state index contributed by atoms with van der Waals surface area (Å²) in [5, 5.41) is 0. The lowest BCUT2D eigenvalue weighted by molar-refractivity contribution is -0.137. The highest BCUT2D eigenvalue weighted by Gasteiger charge is 2.09. The van der Waals surface area contributed by atoms with Crippen molar-refractivity contribution in [3.8, 4) is 5.75 Å². The Hall–Kier alpha value is -1.71. The molecular formula is C10H11NO3. The average molecular weight is 193 g/mol. The first-order valence-electron chi connectivity index (χ1n) is 4.21. The number of ether oxygens (including phenoxy) is 1. The number of aromatic nitrogens is 1. The van der Waals surface area contributed by atoms with E-state index in [2.05, 4.69) is 4.98 Å². The van der Waals surface area contributed by atoms with Crippen LogP contribution in [0, 0.1) is 6.92 Å². The van der Waals surface area contributed by atoms with Crippen molar-refractivity contribution in [2.75, 3.05) is 0 Å². The summed E-state index contributed by atoms with van der Waals surface area (Å²) < 4.78 is 4.93. The normalized spacial score (nSPS) is 9.57. The van der Waals surface area contributed by atoms with Gasteiger partial charge in [-0.25, -0.2) is 0 Å². The van der Waals surface area contributed by atoms with Gasteiger partial charge in [0.2, 0.25) is 0 Å². The SMILES string of the molecule is CC(=O)CC(=O)Oc1cccnc1C. The molecule has 0 amide bonds.